The van der Waals surface area contributed by atoms with E-state index in [2.05, 4.69) is 30.0 Å². The number of halogens is 1. The second kappa shape index (κ2) is 8.82. The summed E-state index contributed by atoms with van der Waals surface area (Å²) in [5.41, 5.74) is 5.11. The number of benzene rings is 1. The summed E-state index contributed by atoms with van der Waals surface area (Å²) >= 11 is 5.21. The van der Waals surface area contributed by atoms with E-state index in [-0.39, 0.29) is 12.4 Å². The van der Waals surface area contributed by atoms with Gasteiger partial charge in [-0.1, -0.05) is 38.8 Å². The smallest absolute Gasteiger partial charge is 0.276 e. The van der Waals surface area contributed by atoms with E-state index in [4.69, 9.17) is 17.0 Å². The molecule has 3 atom stereocenters. The molecule has 2 rings (SSSR count). The van der Waals surface area contributed by atoms with Crippen LogP contribution in [0.4, 0.5) is 4.39 Å². The Morgan fingerprint density at radius 1 is 1.29 bits per heavy atom. The number of hydrogen-bond donors (Lipinski definition) is 3. The fourth-order valence-electron chi connectivity index (χ4n) is 2.86. The zero-order chi connectivity index (χ0) is 17.5. The van der Waals surface area contributed by atoms with Gasteiger partial charge in [-0.2, -0.15) is 0 Å². The summed E-state index contributed by atoms with van der Waals surface area (Å²) in [4.78, 5) is 11.7. The third-order valence-electron chi connectivity index (χ3n) is 4.53. The molecule has 132 valence electrons. The molecule has 0 bridgehead atoms. The van der Waals surface area contributed by atoms with E-state index in [1.54, 1.807) is 12.1 Å². The van der Waals surface area contributed by atoms with E-state index in [1.807, 2.05) is 0 Å². The maximum Gasteiger partial charge on any atom is 0.276 e. The topological polar surface area (TPSA) is 62.4 Å². The van der Waals surface area contributed by atoms with Gasteiger partial charge in [0, 0.05) is 6.04 Å². The minimum absolute atomic E-state index is 0.0402. The average molecular weight is 353 g/mol. The van der Waals surface area contributed by atoms with Crippen LogP contribution < -0.4 is 20.9 Å². The summed E-state index contributed by atoms with van der Waals surface area (Å²) in [6.07, 6.45) is 3.48. The van der Waals surface area contributed by atoms with Gasteiger partial charge in [0.15, 0.2) is 23.3 Å². The lowest BCUT2D eigenvalue weighted by atomic mass is 9.78. The molecule has 1 amide bonds. The molecule has 0 aliphatic heterocycles. The van der Waals surface area contributed by atoms with E-state index in [0.29, 0.717) is 23.0 Å². The molecule has 1 aromatic carbocycles. The van der Waals surface area contributed by atoms with Gasteiger partial charge in [0.05, 0.1) is 0 Å². The second-order valence-corrected chi connectivity index (χ2v) is 6.65. The van der Waals surface area contributed by atoms with Crippen LogP contribution in [0.25, 0.3) is 0 Å². The Hall–Kier alpha value is -1.89. The number of rotatable bonds is 4. The molecular weight excluding hydrogens is 329 g/mol. The van der Waals surface area contributed by atoms with Gasteiger partial charge in [-0.3, -0.25) is 15.6 Å². The van der Waals surface area contributed by atoms with Crippen molar-refractivity contribution in [3.05, 3.63) is 30.1 Å². The lowest BCUT2D eigenvalue weighted by Gasteiger charge is -2.35. The molecule has 1 aliphatic rings. The molecular formula is C17H24FN3O2S. The van der Waals surface area contributed by atoms with Crippen LogP contribution >= 0.6 is 12.2 Å². The molecule has 0 spiro atoms. The number of ether oxygens (including phenoxy) is 1. The van der Waals surface area contributed by atoms with Crippen molar-refractivity contribution in [1.29, 1.82) is 0 Å². The Bertz CT molecular complexity index is 585. The molecule has 7 heteroatoms. The molecule has 24 heavy (non-hydrogen) atoms. The van der Waals surface area contributed by atoms with Gasteiger partial charge in [-0.15, -0.1) is 0 Å². The zero-order valence-electron chi connectivity index (χ0n) is 14.0. The molecule has 5 nitrogen and oxygen atoms in total. The number of amides is 1. The number of hydrazine groups is 1. The van der Waals surface area contributed by atoms with Gasteiger partial charge in [0.25, 0.3) is 5.91 Å². The number of carbonyl (C=O) groups excluding carboxylic acids is 1. The maximum atomic E-state index is 13.4. The molecule has 1 saturated carbocycles. The van der Waals surface area contributed by atoms with Crippen LogP contribution in [0.2, 0.25) is 0 Å². The first-order valence-electron chi connectivity index (χ1n) is 8.20. The van der Waals surface area contributed by atoms with Crippen molar-refractivity contribution in [3.63, 3.8) is 0 Å². The predicted octanol–water partition coefficient (Wildman–Crippen LogP) is 2.52. The van der Waals surface area contributed by atoms with Gasteiger partial charge in [0.2, 0.25) is 0 Å². The summed E-state index contributed by atoms with van der Waals surface area (Å²) < 4.78 is 18.5. The van der Waals surface area contributed by atoms with Gasteiger partial charge in [-0.25, -0.2) is 4.39 Å². The van der Waals surface area contributed by atoms with Crippen LogP contribution in [0.3, 0.4) is 0 Å². The number of hydrogen-bond acceptors (Lipinski definition) is 3. The van der Waals surface area contributed by atoms with E-state index in [1.165, 1.54) is 25.0 Å². The molecule has 1 aromatic rings. The van der Waals surface area contributed by atoms with Crippen molar-refractivity contribution < 1.29 is 13.9 Å². The van der Waals surface area contributed by atoms with Crippen LogP contribution in [0.1, 0.15) is 33.1 Å². The number of nitrogens with one attached hydrogen (secondary N) is 3. The quantitative estimate of drug-likeness (QED) is 0.574. The van der Waals surface area contributed by atoms with E-state index in [0.717, 1.165) is 6.42 Å². The Morgan fingerprint density at radius 3 is 2.79 bits per heavy atom. The Morgan fingerprint density at radius 2 is 2.04 bits per heavy atom. The molecule has 3 N–H and O–H groups in total. The van der Waals surface area contributed by atoms with Crippen molar-refractivity contribution in [3.8, 4) is 5.75 Å². The highest BCUT2D eigenvalue weighted by molar-refractivity contribution is 7.80. The number of carbonyl (C=O) groups is 1. The molecule has 0 saturated heterocycles. The monoisotopic (exact) mass is 353 g/mol. The lowest BCUT2D eigenvalue weighted by molar-refractivity contribution is -0.123. The minimum atomic E-state index is -0.504. The van der Waals surface area contributed by atoms with Crippen LogP contribution in [-0.2, 0) is 4.79 Å². The zero-order valence-corrected chi connectivity index (χ0v) is 14.8. The Balaban J connectivity index is 1.69. The third kappa shape index (κ3) is 5.33. The minimum Gasteiger partial charge on any atom is -0.481 e. The Labute approximate surface area is 147 Å². The molecule has 0 radical (unpaired) electrons. The predicted molar refractivity (Wildman–Crippen MR) is 94.9 cm³/mol. The first kappa shape index (κ1) is 18.4. The highest BCUT2D eigenvalue weighted by Crippen LogP contribution is 2.29. The summed E-state index contributed by atoms with van der Waals surface area (Å²) in [6, 6.07) is 6.24. The van der Waals surface area contributed by atoms with E-state index < -0.39 is 11.7 Å². The summed E-state index contributed by atoms with van der Waals surface area (Å²) in [7, 11) is 0. The summed E-state index contributed by atoms with van der Waals surface area (Å²) in [5, 5.41) is 3.62. The fourth-order valence-corrected chi connectivity index (χ4v) is 3.06. The normalized spacial score (nSPS) is 23.2. The SMILES string of the molecule is C[C@@H]1[C@H](C)CCC[C@@H]1NC(=S)NNC(=O)COc1ccccc1F. The van der Waals surface area contributed by atoms with E-state index in [9.17, 15) is 9.18 Å². The second-order valence-electron chi connectivity index (χ2n) is 6.24. The summed E-state index contributed by atoms with van der Waals surface area (Å²) in [6.45, 7) is 4.16. The van der Waals surface area contributed by atoms with Crippen LogP contribution in [-0.4, -0.2) is 23.7 Å². The number of thiocarbonyl (C=S) groups is 1. The third-order valence-corrected chi connectivity index (χ3v) is 4.75. The lowest BCUT2D eigenvalue weighted by Crippen LogP contribution is -2.53. The molecule has 0 aromatic heterocycles. The van der Waals surface area contributed by atoms with Crippen LogP contribution in [0, 0.1) is 17.7 Å². The maximum absolute atomic E-state index is 13.4. The average Bonchev–Trinajstić information content (AvgIpc) is 2.56. The summed E-state index contributed by atoms with van der Waals surface area (Å²) in [5.74, 6) is 0.281. The van der Waals surface area contributed by atoms with Crippen molar-refractivity contribution in [1.82, 2.24) is 16.2 Å². The molecule has 1 aliphatic carbocycles. The highest BCUT2D eigenvalue weighted by atomic mass is 32.1. The van der Waals surface area contributed by atoms with E-state index >= 15 is 0 Å². The molecule has 0 unspecified atom stereocenters. The van der Waals surface area contributed by atoms with Crippen molar-refractivity contribution in [2.24, 2.45) is 11.8 Å². The standard InChI is InChI=1S/C17H24FN3O2S/c1-11-6-5-8-14(12(11)2)19-17(24)21-20-16(22)10-23-15-9-4-3-7-13(15)18/h3-4,7,9,11-12,14H,5-6,8,10H2,1-2H3,(H,20,22)(H2,19,21,24)/t11-,12-,14+/m1/s1. The van der Waals surface area contributed by atoms with Gasteiger partial charge >= 0.3 is 0 Å². The first-order valence-corrected chi connectivity index (χ1v) is 8.61. The van der Waals surface area contributed by atoms with Gasteiger partial charge in [-0.05, 0) is 42.6 Å². The number of para-hydroxylation sites is 1. The fraction of sp³-hybridized carbons (Fsp3) is 0.529. The van der Waals surface area contributed by atoms with Crippen LogP contribution in [0.15, 0.2) is 24.3 Å². The van der Waals surface area contributed by atoms with Crippen LogP contribution in [0.5, 0.6) is 5.75 Å². The van der Waals surface area contributed by atoms with Crippen molar-refractivity contribution in [2.75, 3.05) is 6.61 Å². The molecule has 1 fully saturated rings. The van der Waals surface area contributed by atoms with Gasteiger partial charge in [0.1, 0.15) is 0 Å². The van der Waals surface area contributed by atoms with Crippen molar-refractivity contribution >= 4 is 23.2 Å². The van der Waals surface area contributed by atoms with Crippen molar-refractivity contribution in [2.45, 2.75) is 39.2 Å². The Kier molecular flexibility index (Phi) is 6.78. The van der Waals surface area contributed by atoms with Gasteiger partial charge < -0.3 is 10.1 Å². The molecule has 0 heterocycles. The largest absolute Gasteiger partial charge is 0.481 e. The highest BCUT2D eigenvalue weighted by Gasteiger charge is 2.27. The first-order chi connectivity index (χ1) is 11.5.